The van der Waals surface area contributed by atoms with Crippen molar-refractivity contribution in [2.24, 2.45) is 0 Å². The lowest BCUT2D eigenvalue weighted by Crippen LogP contribution is -1.91. The molecule has 63 valence electrons. The molecule has 2 nitrogen and oxygen atoms in total. The van der Waals surface area contributed by atoms with Gasteiger partial charge in [-0.05, 0) is 30.5 Å². The number of hydrogen-bond donors (Lipinski definition) is 0. The van der Waals surface area contributed by atoms with Crippen LogP contribution in [0.4, 0.5) is 0 Å². The third-order valence-corrected chi connectivity index (χ3v) is 1.85. The fourth-order valence-electron chi connectivity index (χ4n) is 1.06. The molecule has 0 N–H and O–H groups in total. The Balaban J connectivity index is 3.25. The molecule has 0 amide bonds. The van der Waals surface area contributed by atoms with Gasteiger partial charge >= 0.3 is 0 Å². The molecule has 2 heteroatoms. The summed E-state index contributed by atoms with van der Waals surface area (Å²) in [7, 11) is 0. The quantitative estimate of drug-likeness (QED) is 0.647. The standard InChI is InChI=1S/C11H9N2/c1-8(2)9-3-4-10(6-12)11(5-9)7-13/h3-5,8H,1H2,2H3. The van der Waals surface area contributed by atoms with Crippen LogP contribution in [0.25, 0.3) is 0 Å². The van der Waals surface area contributed by atoms with Crippen LogP contribution in [0.15, 0.2) is 18.2 Å². The summed E-state index contributed by atoms with van der Waals surface area (Å²) in [6.45, 7) is 5.79. The number of nitrogens with zero attached hydrogens (tertiary/aromatic N) is 2. The predicted molar refractivity (Wildman–Crippen MR) is 49.6 cm³/mol. The second-order valence-corrected chi connectivity index (χ2v) is 2.93. The summed E-state index contributed by atoms with van der Waals surface area (Å²) < 4.78 is 0. The zero-order chi connectivity index (χ0) is 9.84. The van der Waals surface area contributed by atoms with Crippen LogP contribution < -0.4 is 0 Å². The van der Waals surface area contributed by atoms with E-state index in [1.165, 1.54) is 0 Å². The summed E-state index contributed by atoms with van der Waals surface area (Å²) in [5.41, 5.74) is 1.83. The molecule has 0 heterocycles. The van der Waals surface area contributed by atoms with Crippen molar-refractivity contribution in [1.29, 1.82) is 10.5 Å². The molecule has 1 atom stereocenters. The van der Waals surface area contributed by atoms with Crippen LogP contribution in [-0.2, 0) is 0 Å². The van der Waals surface area contributed by atoms with Crippen LogP contribution in [0, 0.1) is 29.6 Å². The van der Waals surface area contributed by atoms with E-state index in [0.29, 0.717) is 11.1 Å². The van der Waals surface area contributed by atoms with Crippen molar-refractivity contribution in [3.63, 3.8) is 0 Å². The lowest BCUT2D eigenvalue weighted by atomic mass is 9.98. The topological polar surface area (TPSA) is 47.6 Å². The minimum atomic E-state index is 0.139. The van der Waals surface area contributed by atoms with Gasteiger partial charge in [0.15, 0.2) is 0 Å². The maximum atomic E-state index is 8.73. The van der Waals surface area contributed by atoms with E-state index in [2.05, 4.69) is 6.92 Å². The lowest BCUT2D eigenvalue weighted by Gasteiger charge is -2.05. The minimum Gasteiger partial charge on any atom is -0.192 e. The Morgan fingerprint density at radius 2 is 1.85 bits per heavy atom. The highest BCUT2D eigenvalue weighted by Crippen LogP contribution is 2.17. The maximum absolute atomic E-state index is 8.73. The van der Waals surface area contributed by atoms with Gasteiger partial charge in [0.25, 0.3) is 0 Å². The van der Waals surface area contributed by atoms with E-state index >= 15 is 0 Å². The molecule has 1 aromatic carbocycles. The Bertz CT molecular complexity index is 392. The van der Waals surface area contributed by atoms with E-state index in [-0.39, 0.29) is 5.92 Å². The highest BCUT2D eigenvalue weighted by atomic mass is 14.3. The number of hydrogen-bond acceptors (Lipinski definition) is 2. The number of nitriles is 2. The van der Waals surface area contributed by atoms with E-state index in [1.54, 1.807) is 12.1 Å². The summed E-state index contributed by atoms with van der Waals surface area (Å²) >= 11 is 0. The molecule has 0 spiro atoms. The van der Waals surface area contributed by atoms with Crippen molar-refractivity contribution in [2.45, 2.75) is 12.8 Å². The molecule has 0 bridgehead atoms. The fourth-order valence-corrected chi connectivity index (χ4v) is 1.06. The van der Waals surface area contributed by atoms with Gasteiger partial charge in [0.05, 0.1) is 11.1 Å². The first-order chi connectivity index (χ1) is 6.19. The molecular formula is C11H9N2. The van der Waals surface area contributed by atoms with Gasteiger partial charge in [-0.25, -0.2) is 0 Å². The maximum Gasteiger partial charge on any atom is 0.101 e. The molecule has 0 saturated heterocycles. The largest absolute Gasteiger partial charge is 0.192 e. The zero-order valence-corrected chi connectivity index (χ0v) is 7.41. The van der Waals surface area contributed by atoms with Crippen LogP contribution in [-0.4, -0.2) is 0 Å². The van der Waals surface area contributed by atoms with Crippen LogP contribution in [0.1, 0.15) is 29.5 Å². The molecule has 0 saturated carbocycles. The summed E-state index contributed by atoms with van der Waals surface area (Å²) in [4.78, 5) is 0. The molecule has 0 fully saturated rings. The smallest absolute Gasteiger partial charge is 0.101 e. The van der Waals surface area contributed by atoms with Crippen molar-refractivity contribution in [2.75, 3.05) is 0 Å². The van der Waals surface area contributed by atoms with Crippen LogP contribution in [0.2, 0.25) is 0 Å². The molecule has 0 aromatic heterocycles. The van der Waals surface area contributed by atoms with Gasteiger partial charge in [0.1, 0.15) is 12.1 Å². The Hall–Kier alpha value is -1.80. The van der Waals surface area contributed by atoms with Gasteiger partial charge in [-0.1, -0.05) is 13.0 Å². The van der Waals surface area contributed by atoms with Crippen molar-refractivity contribution >= 4 is 0 Å². The Morgan fingerprint density at radius 3 is 2.31 bits per heavy atom. The van der Waals surface area contributed by atoms with E-state index in [9.17, 15) is 0 Å². The second kappa shape index (κ2) is 3.74. The highest BCUT2D eigenvalue weighted by Gasteiger charge is 2.04. The first-order valence-corrected chi connectivity index (χ1v) is 3.96. The van der Waals surface area contributed by atoms with Crippen molar-refractivity contribution < 1.29 is 0 Å². The van der Waals surface area contributed by atoms with Gasteiger partial charge in [-0.2, -0.15) is 10.5 Å². The molecule has 0 aliphatic heterocycles. The fraction of sp³-hybridized carbons (Fsp3) is 0.182. The van der Waals surface area contributed by atoms with Crippen LogP contribution >= 0.6 is 0 Å². The molecule has 1 aromatic rings. The van der Waals surface area contributed by atoms with Gasteiger partial charge < -0.3 is 0 Å². The molecule has 13 heavy (non-hydrogen) atoms. The van der Waals surface area contributed by atoms with Gasteiger partial charge in [0, 0.05) is 0 Å². The first kappa shape index (κ1) is 9.29. The molecule has 1 radical (unpaired) electrons. The highest BCUT2D eigenvalue weighted by molar-refractivity contribution is 5.47. The normalized spacial score (nSPS) is 9.31. The average Bonchev–Trinajstić information content (AvgIpc) is 2.16. The molecular weight excluding hydrogens is 160 g/mol. The van der Waals surface area contributed by atoms with E-state index in [1.807, 2.05) is 25.1 Å². The van der Waals surface area contributed by atoms with Crippen molar-refractivity contribution in [1.82, 2.24) is 0 Å². The monoisotopic (exact) mass is 169 g/mol. The van der Waals surface area contributed by atoms with E-state index < -0.39 is 0 Å². The van der Waals surface area contributed by atoms with Gasteiger partial charge in [0.2, 0.25) is 0 Å². The first-order valence-electron chi connectivity index (χ1n) is 3.96. The van der Waals surface area contributed by atoms with Gasteiger partial charge in [-0.15, -0.1) is 0 Å². The number of benzene rings is 1. The van der Waals surface area contributed by atoms with Crippen LogP contribution in [0.5, 0.6) is 0 Å². The Labute approximate surface area is 78.0 Å². The Morgan fingerprint density at radius 1 is 1.23 bits per heavy atom. The Kier molecular flexibility index (Phi) is 2.67. The van der Waals surface area contributed by atoms with Crippen molar-refractivity contribution in [3.05, 3.63) is 41.8 Å². The second-order valence-electron chi connectivity index (χ2n) is 2.93. The summed E-state index contributed by atoms with van der Waals surface area (Å²) in [5, 5.41) is 17.4. The van der Waals surface area contributed by atoms with E-state index in [0.717, 1.165) is 5.56 Å². The van der Waals surface area contributed by atoms with Gasteiger partial charge in [-0.3, -0.25) is 0 Å². The summed E-state index contributed by atoms with van der Waals surface area (Å²) in [5.74, 6) is 0.139. The molecule has 0 aliphatic rings. The zero-order valence-electron chi connectivity index (χ0n) is 7.41. The minimum absolute atomic E-state index is 0.139. The van der Waals surface area contributed by atoms with Crippen LogP contribution in [0.3, 0.4) is 0 Å². The summed E-state index contributed by atoms with van der Waals surface area (Å²) in [6, 6.07) is 9.17. The average molecular weight is 169 g/mol. The lowest BCUT2D eigenvalue weighted by molar-refractivity contribution is 0.962. The third kappa shape index (κ3) is 1.86. The number of rotatable bonds is 1. The SMILES string of the molecule is [CH2]C(C)c1ccc(C#N)c(C#N)c1. The molecule has 1 rings (SSSR count). The van der Waals surface area contributed by atoms with E-state index in [4.69, 9.17) is 10.5 Å². The third-order valence-electron chi connectivity index (χ3n) is 1.85. The molecule has 1 unspecified atom stereocenters. The summed E-state index contributed by atoms with van der Waals surface area (Å²) in [6.07, 6.45) is 0. The predicted octanol–water partition coefficient (Wildman–Crippen LogP) is 2.37. The van der Waals surface area contributed by atoms with Crippen molar-refractivity contribution in [3.8, 4) is 12.1 Å². The molecule has 0 aliphatic carbocycles.